The summed E-state index contributed by atoms with van der Waals surface area (Å²) in [6.07, 6.45) is 0. The zero-order chi connectivity index (χ0) is 24.4. The van der Waals surface area contributed by atoms with Crippen LogP contribution in [0.2, 0.25) is 0 Å². The third-order valence-electron chi connectivity index (χ3n) is 5.75. The minimum absolute atomic E-state index is 0.212. The van der Waals surface area contributed by atoms with Crippen molar-refractivity contribution in [2.45, 2.75) is 59.0 Å². The highest BCUT2D eigenvalue weighted by molar-refractivity contribution is 5.81. The van der Waals surface area contributed by atoms with Crippen LogP contribution < -0.4 is 14.2 Å². The third-order valence-corrected chi connectivity index (χ3v) is 5.75. The molecule has 1 N–H and O–H groups in total. The first-order chi connectivity index (χ1) is 15.5. The number of hydrogen-bond donors (Lipinski definition) is 1. The number of aromatic hydroxyl groups is 1. The number of phenolic OH excluding ortho intramolecular Hbond substituents is 1. The van der Waals surface area contributed by atoms with E-state index < -0.39 is 0 Å². The van der Waals surface area contributed by atoms with Crippen molar-refractivity contribution in [1.82, 2.24) is 0 Å². The fourth-order valence-electron chi connectivity index (χ4n) is 3.87. The van der Waals surface area contributed by atoms with Gasteiger partial charge in [-0.2, -0.15) is 0 Å². The molecule has 0 heterocycles. The Labute approximate surface area is 198 Å². The molecule has 3 rings (SSSR count). The number of ether oxygens (including phenoxy) is 3. The van der Waals surface area contributed by atoms with Crippen molar-refractivity contribution < 1.29 is 19.3 Å². The summed E-state index contributed by atoms with van der Waals surface area (Å²) in [6, 6.07) is 17.8. The third kappa shape index (κ3) is 5.44. The Kier molecular flexibility index (Phi) is 6.97. The quantitative estimate of drug-likeness (QED) is 0.431. The highest BCUT2D eigenvalue weighted by Crippen LogP contribution is 2.48. The molecule has 0 aromatic heterocycles. The van der Waals surface area contributed by atoms with Crippen LogP contribution in [-0.4, -0.2) is 19.3 Å². The lowest BCUT2D eigenvalue weighted by atomic mass is 9.81. The second-order valence-corrected chi connectivity index (χ2v) is 10.4. The highest BCUT2D eigenvalue weighted by atomic mass is 16.5. The molecule has 0 saturated carbocycles. The minimum Gasteiger partial charge on any atom is -0.507 e. The molecule has 0 spiro atoms. The fourth-order valence-corrected chi connectivity index (χ4v) is 3.87. The Morgan fingerprint density at radius 1 is 0.697 bits per heavy atom. The van der Waals surface area contributed by atoms with Crippen molar-refractivity contribution in [3.63, 3.8) is 0 Å². The summed E-state index contributed by atoms with van der Waals surface area (Å²) in [5, 5.41) is 11.4. The number of rotatable bonds is 6. The second kappa shape index (κ2) is 9.38. The van der Waals surface area contributed by atoms with Crippen molar-refractivity contribution in [3.05, 3.63) is 71.3 Å². The molecule has 0 saturated heterocycles. The van der Waals surface area contributed by atoms with Gasteiger partial charge in [0.1, 0.15) is 29.6 Å². The molecule has 176 valence electrons. The van der Waals surface area contributed by atoms with E-state index in [1.54, 1.807) is 14.2 Å². The van der Waals surface area contributed by atoms with E-state index in [2.05, 4.69) is 41.5 Å². The van der Waals surface area contributed by atoms with Gasteiger partial charge in [-0.15, -0.1) is 0 Å². The number of methoxy groups -OCH3 is 2. The van der Waals surface area contributed by atoms with Crippen LogP contribution in [0.1, 0.15) is 58.2 Å². The molecule has 3 aromatic carbocycles. The molecule has 0 radical (unpaired) electrons. The monoisotopic (exact) mass is 448 g/mol. The summed E-state index contributed by atoms with van der Waals surface area (Å²) in [5.41, 5.74) is 3.84. The molecule has 4 nitrogen and oxygen atoms in total. The number of hydrogen-bond acceptors (Lipinski definition) is 4. The Morgan fingerprint density at radius 2 is 1.21 bits per heavy atom. The van der Waals surface area contributed by atoms with Crippen LogP contribution in [0.15, 0.2) is 54.6 Å². The van der Waals surface area contributed by atoms with Gasteiger partial charge in [-0.3, -0.25) is 0 Å². The van der Waals surface area contributed by atoms with Crippen LogP contribution in [0.3, 0.4) is 0 Å². The van der Waals surface area contributed by atoms with Gasteiger partial charge < -0.3 is 19.3 Å². The molecule has 4 heteroatoms. The van der Waals surface area contributed by atoms with Crippen molar-refractivity contribution in [1.29, 1.82) is 0 Å². The van der Waals surface area contributed by atoms with Gasteiger partial charge in [0.05, 0.1) is 14.2 Å². The maximum Gasteiger partial charge on any atom is 0.131 e. The SMILES string of the molecule is COc1cc(-c2cc(OC)cc(C(C)(C)C)c2OCc2ccccc2)c(O)c(C(C)(C)C)c1. The first-order valence-corrected chi connectivity index (χ1v) is 11.3. The smallest absolute Gasteiger partial charge is 0.131 e. The maximum atomic E-state index is 11.4. The lowest BCUT2D eigenvalue weighted by Crippen LogP contribution is -2.15. The number of phenols is 1. The van der Waals surface area contributed by atoms with Gasteiger partial charge in [-0.1, -0.05) is 71.9 Å². The molecule has 0 aliphatic heterocycles. The van der Waals surface area contributed by atoms with Crippen molar-refractivity contribution in [2.24, 2.45) is 0 Å². The molecule has 0 atom stereocenters. The molecule has 0 bridgehead atoms. The normalized spacial score (nSPS) is 11.9. The Hall–Kier alpha value is -3.14. The van der Waals surface area contributed by atoms with E-state index in [9.17, 15) is 5.11 Å². The van der Waals surface area contributed by atoms with Gasteiger partial charge in [-0.25, -0.2) is 0 Å². The lowest BCUT2D eigenvalue weighted by Gasteiger charge is -2.28. The molecule has 33 heavy (non-hydrogen) atoms. The van der Waals surface area contributed by atoms with Gasteiger partial charge in [-0.05, 0) is 40.7 Å². The van der Waals surface area contributed by atoms with E-state index in [-0.39, 0.29) is 16.6 Å². The average Bonchev–Trinajstić information content (AvgIpc) is 2.76. The highest BCUT2D eigenvalue weighted by Gasteiger charge is 2.28. The maximum absolute atomic E-state index is 11.4. The molecular weight excluding hydrogens is 412 g/mol. The summed E-state index contributed by atoms with van der Waals surface area (Å²) >= 11 is 0. The molecule has 3 aromatic rings. The van der Waals surface area contributed by atoms with Gasteiger partial charge in [0.2, 0.25) is 0 Å². The number of benzene rings is 3. The zero-order valence-corrected chi connectivity index (χ0v) is 21.1. The molecule has 0 amide bonds. The fraction of sp³-hybridized carbons (Fsp3) is 0.379. The molecule has 0 aliphatic rings. The van der Waals surface area contributed by atoms with Crippen LogP contribution in [0, 0.1) is 0 Å². The summed E-state index contributed by atoms with van der Waals surface area (Å²) in [6.45, 7) is 13.1. The van der Waals surface area contributed by atoms with Crippen molar-refractivity contribution >= 4 is 0 Å². The second-order valence-electron chi connectivity index (χ2n) is 10.4. The van der Waals surface area contributed by atoms with Crippen molar-refractivity contribution in [2.75, 3.05) is 14.2 Å². The predicted molar refractivity (Wildman–Crippen MR) is 135 cm³/mol. The van der Waals surface area contributed by atoms with Gasteiger partial charge in [0, 0.05) is 22.3 Å². The molecular formula is C29H36O4. The first kappa shape index (κ1) is 24.5. The van der Waals surface area contributed by atoms with E-state index in [4.69, 9.17) is 14.2 Å². The van der Waals surface area contributed by atoms with E-state index in [0.717, 1.165) is 28.0 Å². The zero-order valence-electron chi connectivity index (χ0n) is 21.1. The summed E-state index contributed by atoms with van der Waals surface area (Å²) < 4.78 is 17.7. The van der Waals surface area contributed by atoms with Crippen LogP contribution in [0.25, 0.3) is 11.1 Å². The van der Waals surface area contributed by atoms with E-state index in [1.807, 2.05) is 54.6 Å². The summed E-state index contributed by atoms with van der Waals surface area (Å²) in [7, 11) is 3.30. The van der Waals surface area contributed by atoms with Gasteiger partial charge >= 0.3 is 0 Å². The Balaban J connectivity index is 2.30. The van der Waals surface area contributed by atoms with E-state index in [0.29, 0.717) is 23.7 Å². The van der Waals surface area contributed by atoms with Crippen molar-refractivity contribution in [3.8, 4) is 34.1 Å². The van der Waals surface area contributed by atoms with Crippen LogP contribution in [0.4, 0.5) is 0 Å². The van der Waals surface area contributed by atoms with Crippen LogP contribution >= 0.6 is 0 Å². The standard InChI is InChI=1S/C29H36O4/c1-28(2,3)24-16-20(31-7)14-22(26(24)30)23-15-21(32-8)17-25(29(4,5)6)27(23)33-18-19-12-10-9-11-13-19/h9-17,30H,18H2,1-8H3. The van der Waals surface area contributed by atoms with E-state index in [1.165, 1.54) is 0 Å². The topological polar surface area (TPSA) is 47.9 Å². The lowest BCUT2D eigenvalue weighted by molar-refractivity contribution is 0.297. The Morgan fingerprint density at radius 3 is 1.73 bits per heavy atom. The van der Waals surface area contributed by atoms with Gasteiger partial charge in [0.25, 0.3) is 0 Å². The van der Waals surface area contributed by atoms with E-state index >= 15 is 0 Å². The molecule has 0 aliphatic carbocycles. The minimum atomic E-state index is -0.274. The van der Waals surface area contributed by atoms with Crippen LogP contribution in [0.5, 0.6) is 23.0 Å². The predicted octanol–water partition coefficient (Wildman–Crippen LogP) is 7.25. The summed E-state index contributed by atoms with van der Waals surface area (Å²) in [4.78, 5) is 0. The Bertz CT molecular complexity index is 1100. The molecule has 0 fully saturated rings. The average molecular weight is 449 g/mol. The van der Waals surface area contributed by atoms with Crippen LogP contribution in [-0.2, 0) is 17.4 Å². The molecule has 0 unspecified atom stereocenters. The first-order valence-electron chi connectivity index (χ1n) is 11.3. The summed E-state index contributed by atoms with van der Waals surface area (Å²) in [5.74, 6) is 2.35. The largest absolute Gasteiger partial charge is 0.507 e. The van der Waals surface area contributed by atoms with Gasteiger partial charge in [0.15, 0.2) is 0 Å².